The van der Waals surface area contributed by atoms with Gasteiger partial charge in [-0.05, 0) is 36.8 Å². The SMILES string of the molecule is CSC(C)CN1C(=O)C2(CC2)NC1c1ccc(F)cc1. The minimum absolute atomic E-state index is 0.125. The third-order valence-corrected chi connectivity index (χ3v) is 5.14. The Balaban J connectivity index is 1.87. The predicted molar refractivity (Wildman–Crippen MR) is 78.9 cm³/mol. The molecule has 1 spiro atoms. The molecule has 1 saturated heterocycles. The predicted octanol–water partition coefficient (Wildman–Crippen LogP) is 2.54. The van der Waals surface area contributed by atoms with Crippen LogP contribution in [0.1, 0.15) is 31.5 Å². The standard InChI is InChI=1S/C15H19FN2OS/c1-10(20-2)9-18-13(11-3-5-12(16)6-4-11)17-15(7-8-15)14(18)19/h3-6,10,13,17H,7-9H2,1-2H3. The van der Waals surface area contributed by atoms with Crippen LogP contribution >= 0.6 is 11.8 Å². The van der Waals surface area contributed by atoms with Crippen molar-refractivity contribution >= 4 is 17.7 Å². The van der Waals surface area contributed by atoms with E-state index in [1.807, 2.05) is 4.90 Å². The average molecular weight is 294 g/mol. The molecule has 2 fully saturated rings. The van der Waals surface area contributed by atoms with Crippen LogP contribution in [0.4, 0.5) is 4.39 Å². The van der Waals surface area contributed by atoms with Crippen molar-refractivity contribution < 1.29 is 9.18 Å². The molecule has 20 heavy (non-hydrogen) atoms. The first-order valence-electron chi connectivity index (χ1n) is 6.93. The third-order valence-electron chi connectivity index (χ3n) is 4.19. The summed E-state index contributed by atoms with van der Waals surface area (Å²) >= 11 is 1.75. The Morgan fingerprint density at radius 1 is 1.45 bits per heavy atom. The Labute approximate surface area is 122 Å². The highest BCUT2D eigenvalue weighted by atomic mass is 32.2. The topological polar surface area (TPSA) is 32.3 Å². The van der Waals surface area contributed by atoms with Crippen LogP contribution in [0.5, 0.6) is 0 Å². The lowest BCUT2D eigenvalue weighted by Gasteiger charge is -2.26. The second kappa shape index (κ2) is 5.04. The Hall–Kier alpha value is -1.07. The van der Waals surface area contributed by atoms with Gasteiger partial charge in [0.05, 0.1) is 0 Å². The van der Waals surface area contributed by atoms with Gasteiger partial charge in [-0.1, -0.05) is 19.1 Å². The molecular weight excluding hydrogens is 275 g/mol. The number of hydrogen-bond acceptors (Lipinski definition) is 3. The quantitative estimate of drug-likeness (QED) is 0.926. The van der Waals surface area contributed by atoms with Crippen LogP contribution < -0.4 is 5.32 Å². The lowest BCUT2D eigenvalue weighted by atomic mass is 10.1. The molecular formula is C15H19FN2OS. The van der Waals surface area contributed by atoms with Gasteiger partial charge in [-0.15, -0.1) is 0 Å². The first-order valence-corrected chi connectivity index (χ1v) is 8.21. The summed E-state index contributed by atoms with van der Waals surface area (Å²) in [5.74, 6) is -0.0454. The molecule has 2 aliphatic rings. The molecule has 3 rings (SSSR count). The number of rotatable bonds is 4. The van der Waals surface area contributed by atoms with Crippen LogP contribution in [-0.2, 0) is 4.79 Å². The highest BCUT2D eigenvalue weighted by molar-refractivity contribution is 7.99. The molecule has 1 saturated carbocycles. The van der Waals surface area contributed by atoms with E-state index in [-0.39, 0.29) is 23.4 Å². The van der Waals surface area contributed by atoms with Gasteiger partial charge < -0.3 is 4.90 Å². The third kappa shape index (κ3) is 2.33. The highest BCUT2D eigenvalue weighted by Gasteiger charge is 2.59. The highest BCUT2D eigenvalue weighted by Crippen LogP contribution is 2.46. The first-order chi connectivity index (χ1) is 9.55. The fourth-order valence-electron chi connectivity index (χ4n) is 2.72. The fourth-order valence-corrected chi connectivity index (χ4v) is 3.03. The molecule has 5 heteroatoms. The van der Waals surface area contributed by atoms with Gasteiger partial charge in [0.25, 0.3) is 0 Å². The van der Waals surface area contributed by atoms with E-state index < -0.39 is 0 Å². The normalized spacial score (nSPS) is 25.2. The van der Waals surface area contributed by atoms with Gasteiger partial charge in [0.1, 0.15) is 17.5 Å². The van der Waals surface area contributed by atoms with E-state index in [1.54, 1.807) is 23.9 Å². The summed E-state index contributed by atoms with van der Waals surface area (Å²) in [6, 6.07) is 6.43. The second-order valence-electron chi connectivity index (χ2n) is 5.68. The van der Waals surface area contributed by atoms with Crippen LogP contribution in [0.3, 0.4) is 0 Å². The number of amides is 1. The molecule has 1 heterocycles. The molecule has 108 valence electrons. The lowest BCUT2D eigenvalue weighted by Crippen LogP contribution is -2.36. The van der Waals surface area contributed by atoms with E-state index in [9.17, 15) is 9.18 Å². The number of halogens is 1. The van der Waals surface area contributed by atoms with Crippen molar-refractivity contribution in [2.45, 2.75) is 36.7 Å². The summed E-state index contributed by atoms with van der Waals surface area (Å²) in [6.07, 6.45) is 3.75. The Morgan fingerprint density at radius 2 is 2.10 bits per heavy atom. The van der Waals surface area contributed by atoms with E-state index in [1.165, 1.54) is 12.1 Å². The number of nitrogens with one attached hydrogen (secondary N) is 1. The fraction of sp³-hybridized carbons (Fsp3) is 0.533. The van der Waals surface area contributed by atoms with Gasteiger partial charge in [-0.2, -0.15) is 11.8 Å². The van der Waals surface area contributed by atoms with Crippen LogP contribution in [0.25, 0.3) is 0 Å². The lowest BCUT2D eigenvalue weighted by molar-refractivity contribution is -0.130. The maximum atomic E-state index is 13.1. The molecule has 2 unspecified atom stereocenters. The van der Waals surface area contributed by atoms with Gasteiger partial charge in [0.15, 0.2) is 0 Å². The summed E-state index contributed by atoms with van der Waals surface area (Å²) in [4.78, 5) is 14.5. The molecule has 1 aromatic rings. The van der Waals surface area contributed by atoms with Crippen molar-refractivity contribution in [3.8, 4) is 0 Å². The monoisotopic (exact) mass is 294 g/mol. The molecule has 2 atom stereocenters. The molecule has 1 amide bonds. The second-order valence-corrected chi connectivity index (χ2v) is 6.96. The molecule has 1 aromatic carbocycles. The molecule has 0 bridgehead atoms. The molecule has 0 aromatic heterocycles. The molecule has 3 nitrogen and oxygen atoms in total. The first kappa shape index (κ1) is 13.9. The number of carbonyl (C=O) groups is 1. The van der Waals surface area contributed by atoms with E-state index in [0.29, 0.717) is 5.25 Å². The molecule has 0 radical (unpaired) electrons. The summed E-state index contributed by atoms with van der Waals surface area (Å²) in [5, 5.41) is 3.84. The zero-order chi connectivity index (χ0) is 14.3. The van der Waals surface area contributed by atoms with Gasteiger partial charge >= 0.3 is 0 Å². The maximum absolute atomic E-state index is 13.1. The Kier molecular flexibility index (Phi) is 3.50. The largest absolute Gasteiger partial charge is 0.320 e. The van der Waals surface area contributed by atoms with E-state index >= 15 is 0 Å². The van der Waals surface area contributed by atoms with Crippen molar-refractivity contribution in [1.29, 1.82) is 0 Å². The summed E-state index contributed by atoms with van der Waals surface area (Å²) in [5.41, 5.74) is 0.619. The average Bonchev–Trinajstić information content (AvgIpc) is 3.18. The van der Waals surface area contributed by atoms with Crippen LogP contribution in [0.2, 0.25) is 0 Å². The zero-order valence-electron chi connectivity index (χ0n) is 11.7. The zero-order valence-corrected chi connectivity index (χ0v) is 12.5. The van der Waals surface area contributed by atoms with Gasteiger partial charge in [-0.3, -0.25) is 10.1 Å². The van der Waals surface area contributed by atoms with Crippen molar-refractivity contribution in [2.75, 3.05) is 12.8 Å². The van der Waals surface area contributed by atoms with Crippen LogP contribution in [0, 0.1) is 5.82 Å². The minimum atomic E-state index is -0.336. The van der Waals surface area contributed by atoms with E-state index in [2.05, 4.69) is 18.5 Å². The number of nitrogens with zero attached hydrogens (tertiary/aromatic N) is 1. The summed E-state index contributed by atoms with van der Waals surface area (Å²) < 4.78 is 13.1. The van der Waals surface area contributed by atoms with Crippen molar-refractivity contribution in [1.82, 2.24) is 10.2 Å². The van der Waals surface area contributed by atoms with Crippen molar-refractivity contribution in [3.05, 3.63) is 35.6 Å². The van der Waals surface area contributed by atoms with Crippen molar-refractivity contribution in [2.24, 2.45) is 0 Å². The van der Waals surface area contributed by atoms with Crippen LogP contribution in [0.15, 0.2) is 24.3 Å². The van der Waals surface area contributed by atoms with Gasteiger partial charge in [0, 0.05) is 11.8 Å². The number of benzene rings is 1. The van der Waals surface area contributed by atoms with E-state index in [4.69, 9.17) is 0 Å². The molecule has 1 aliphatic carbocycles. The number of thioether (sulfide) groups is 1. The summed E-state index contributed by atoms with van der Waals surface area (Å²) in [6.45, 7) is 2.84. The summed E-state index contributed by atoms with van der Waals surface area (Å²) in [7, 11) is 0. The number of hydrogen-bond donors (Lipinski definition) is 1. The van der Waals surface area contributed by atoms with E-state index in [0.717, 1.165) is 24.9 Å². The minimum Gasteiger partial charge on any atom is -0.320 e. The smallest absolute Gasteiger partial charge is 0.244 e. The maximum Gasteiger partial charge on any atom is 0.244 e. The number of carbonyl (C=O) groups excluding carboxylic acids is 1. The van der Waals surface area contributed by atoms with Gasteiger partial charge in [-0.25, -0.2) is 4.39 Å². The Bertz CT molecular complexity index is 515. The van der Waals surface area contributed by atoms with Gasteiger partial charge in [0.2, 0.25) is 5.91 Å². The molecule has 1 N–H and O–H groups in total. The molecule has 1 aliphatic heterocycles. The van der Waals surface area contributed by atoms with Crippen LogP contribution in [-0.4, -0.2) is 34.4 Å². The van der Waals surface area contributed by atoms with Crippen molar-refractivity contribution in [3.63, 3.8) is 0 Å². The Morgan fingerprint density at radius 3 is 2.65 bits per heavy atom.